The number of rotatable bonds is 5. The molecule has 0 atom stereocenters. The van der Waals surface area contributed by atoms with Crippen LogP contribution in [0.25, 0.3) is 0 Å². The molecule has 0 aliphatic carbocycles. The van der Waals surface area contributed by atoms with Crippen LogP contribution >= 0.6 is 0 Å². The normalized spacial score (nSPS) is 12.5. The number of sulfonamides is 1. The van der Waals surface area contributed by atoms with Gasteiger partial charge in [-0.05, 0) is 42.5 Å². The van der Waals surface area contributed by atoms with Gasteiger partial charge < -0.3 is 10.6 Å². The number of nitrogens with zero attached hydrogens (tertiary/aromatic N) is 1. The molecule has 0 radical (unpaired) electrons. The third-order valence-electron chi connectivity index (χ3n) is 3.14. The van der Waals surface area contributed by atoms with Crippen molar-refractivity contribution in [3.63, 3.8) is 0 Å². The van der Waals surface area contributed by atoms with Crippen molar-refractivity contribution < 1.29 is 31.2 Å². The van der Waals surface area contributed by atoms with Gasteiger partial charge in [-0.15, -0.1) is 0 Å². The largest absolute Gasteiger partial charge is 0.416 e. The van der Waals surface area contributed by atoms with E-state index in [1.54, 1.807) is 0 Å². The Hall–Kier alpha value is -3.08. The Kier molecular flexibility index (Phi) is 5.74. The number of nitrogens with two attached hydrogens (primary N) is 1. The van der Waals surface area contributed by atoms with Crippen LogP contribution in [0.4, 0.5) is 18.9 Å². The summed E-state index contributed by atoms with van der Waals surface area (Å²) in [5.41, 5.74) is 4.91. The van der Waals surface area contributed by atoms with Gasteiger partial charge in [0.05, 0.1) is 17.4 Å². The number of anilines is 1. The van der Waals surface area contributed by atoms with E-state index in [0.717, 1.165) is 24.5 Å². The first-order valence-corrected chi connectivity index (χ1v) is 9.15. The van der Waals surface area contributed by atoms with Crippen molar-refractivity contribution in [2.75, 3.05) is 11.0 Å². The summed E-state index contributed by atoms with van der Waals surface area (Å²) >= 11 is 0. The van der Waals surface area contributed by atoms with Crippen molar-refractivity contribution in [2.45, 2.75) is 6.18 Å². The van der Waals surface area contributed by atoms with Crippen molar-refractivity contribution in [3.8, 4) is 0 Å². The van der Waals surface area contributed by atoms with Crippen LogP contribution in [-0.2, 0) is 21.0 Å². The van der Waals surface area contributed by atoms with E-state index in [1.165, 1.54) is 24.3 Å². The lowest BCUT2D eigenvalue weighted by atomic mass is 10.1. The maximum atomic E-state index is 12.7. The third kappa shape index (κ3) is 5.99. The predicted molar refractivity (Wildman–Crippen MR) is 92.5 cm³/mol. The van der Waals surface area contributed by atoms with Gasteiger partial charge in [0, 0.05) is 11.3 Å². The Bertz CT molecular complexity index is 971. The Balaban J connectivity index is 2.10. The summed E-state index contributed by atoms with van der Waals surface area (Å²) in [5, 5.41) is 3.39. The molecule has 0 aromatic heterocycles. The third-order valence-corrected chi connectivity index (χ3v) is 3.74. The summed E-state index contributed by atoms with van der Waals surface area (Å²) in [6.07, 6.45) is -3.61. The molecule has 0 spiro atoms. The molecule has 3 N–H and O–H groups in total. The van der Waals surface area contributed by atoms with E-state index in [9.17, 15) is 26.4 Å². The summed E-state index contributed by atoms with van der Waals surface area (Å²) < 4.78 is 62.5. The molecule has 0 fully saturated rings. The van der Waals surface area contributed by atoms with Gasteiger partial charge in [0.1, 0.15) is 0 Å². The van der Waals surface area contributed by atoms with Gasteiger partial charge in [0.25, 0.3) is 0 Å². The number of carbonyl (C=O) groups excluding carboxylic acids is 1. The lowest BCUT2D eigenvalue weighted by Crippen LogP contribution is -2.16. The van der Waals surface area contributed by atoms with Crippen molar-refractivity contribution in [2.24, 2.45) is 10.9 Å². The van der Waals surface area contributed by atoms with Gasteiger partial charge >= 0.3 is 12.1 Å². The predicted octanol–water partition coefficient (Wildman–Crippen LogP) is 2.55. The Morgan fingerprint density at radius 1 is 1.11 bits per heavy atom. The first-order valence-electron chi connectivity index (χ1n) is 7.26. The first kappa shape index (κ1) is 20.2. The van der Waals surface area contributed by atoms with E-state index >= 15 is 0 Å². The van der Waals surface area contributed by atoms with Crippen LogP contribution in [0, 0.1) is 0 Å². The van der Waals surface area contributed by atoms with Gasteiger partial charge in [-0.3, -0.25) is 4.72 Å². The topological polar surface area (TPSA) is 111 Å². The van der Waals surface area contributed by atoms with Gasteiger partial charge in [-0.1, -0.05) is 11.2 Å². The van der Waals surface area contributed by atoms with Crippen LogP contribution in [0.3, 0.4) is 0 Å². The smallest absolute Gasteiger partial charge is 0.380 e. The Morgan fingerprint density at radius 2 is 1.74 bits per heavy atom. The average Bonchev–Trinajstić information content (AvgIpc) is 2.58. The minimum absolute atomic E-state index is 0.221. The Labute approximate surface area is 152 Å². The highest BCUT2D eigenvalue weighted by molar-refractivity contribution is 7.92. The first-order chi connectivity index (χ1) is 12.5. The fourth-order valence-corrected chi connectivity index (χ4v) is 2.51. The van der Waals surface area contributed by atoms with E-state index in [2.05, 4.69) is 14.7 Å². The lowest BCUT2D eigenvalue weighted by molar-refractivity contribution is -0.137. The van der Waals surface area contributed by atoms with Crippen LogP contribution in [0.5, 0.6) is 0 Å². The fourth-order valence-electron chi connectivity index (χ4n) is 1.94. The highest BCUT2D eigenvalue weighted by Crippen LogP contribution is 2.29. The van der Waals surface area contributed by atoms with E-state index in [0.29, 0.717) is 11.6 Å². The summed E-state index contributed by atoms with van der Waals surface area (Å²) in [7, 11) is -3.44. The van der Waals surface area contributed by atoms with E-state index in [4.69, 9.17) is 5.73 Å². The second-order valence-corrected chi connectivity index (χ2v) is 7.13. The number of hydrogen-bond acceptors (Lipinski definition) is 5. The van der Waals surface area contributed by atoms with Gasteiger partial charge in [0.15, 0.2) is 5.84 Å². The van der Waals surface area contributed by atoms with Crippen molar-refractivity contribution in [3.05, 3.63) is 65.2 Å². The van der Waals surface area contributed by atoms with E-state index < -0.39 is 27.7 Å². The summed E-state index contributed by atoms with van der Waals surface area (Å²) in [4.78, 5) is 16.4. The minimum atomic E-state index is -4.60. The second-order valence-electron chi connectivity index (χ2n) is 5.39. The van der Waals surface area contributed by atoms with Crippen LogP contribution in [0.15, 0.2) is 53.7 Å². The monoisotopic (exact) mass is 401 g/mol. The number of alkyl halides is 3. The Morgan fingerprint density at radius 3 is 2.30 bits per heavy atom. The molecule has 27 heavy (non-hydrogen) atoms. The summed E-state index contributed by atoms with van der Waals surface area (Å²) in [6.45, 7) is 0. The number of carbonyl (C=O) groups is 1. The zero-order chi connectivity index (χ0) is 20.2. The standard InChI is InChI=1S/C16H14F3N3O4S/c1-27(24,25)22-13-7-5-10(6-8-13)14(20)21-26-15(23)11-3-2-4-12(9-11)16(17,18)19/h2-9,22H,1H3,(H2,20,21). The van der Waals surface area contributed by atoms with Gasteiger partial charge in [0.2, 0.25) is 10.0 Å². The highest BCUT2D eigenvalue weighted by atomic mass is 32.2. The van der Waals surface area contributed by atoms with Crippen LogP contribution in [0.2, 0.25) is 0 Å². The fraction of sp³-hybridized carbons (Fsp3) is 0.125. The van der Waals surface area contributed by atoms with Crippen LogP contribution in [0.1, 0.15) is 21.5 Å². The maximum absolute atomic E-state index is 12.7. The number of nitrogens with one attached hydrogen (secondary N) is 1. The molecule has 144 valence electrons. The molecular weight excluding hydrogens is 387 g/mol. The molecule has 2 rings (SSSR count). The molecule has 7 nitrogen and oxygen atoms in total. The quantitative estimate of drug-likeness (QED) is 0.346. The number of amidine groups is 1. The molecule has 0 saturated heterocycles. The maximum Gasteiger partial charge on any atom is 0.416 e. The number of oxime groups is 1. The number of hydrogen-bond donors (Lipinski definition) is 2. The van der Waals surface area contributed by atoms with Crippen molar-refractivity contribution >= 4 is 27.5 Å². The number of halogens is 3. The summed E-state index contributed by atoms with van der Waals surface area (Å²) in [6, 6.07) is 9.34. The van der Waals surface area contributed by atoms with Crippen LogP contribution < -0.4 is 10.5 Å². The molecule has 2 aromatic rings. The highest BCUT2D eigenvalue weighted by Gasteiger charge is 2.31. The molecular formula is C16H14F3N3O4S. The molecule has 0 heterocycles. The molecule has 0 unspecified atom stereocenters. The minimum Gasteiger partial charge on any atom is -0.380 e. The molecule has 0 amide bonds. The van der Waals surface area contributed by atoms with Gasteiger partial charge in [-0.2, -0.15) is 13.2 Å². The molecule has 0 saturated carbocycles. The molecule has 11 heteroatoms. The van der Waals surface area contributed by atoms with Gasteiger partial charge in [-0.25, -0.2) is 13.2 Å². The number of benzene rings is 2. The zero-order valence-corrected chi connectivity index (χ0v) is 14.6. The SMILES string of the molecule is CS(=O)(=O)Nc1ccc(/C(N)=N\OC(=O)c2cccc(C(F)(F)F)c2)cc1. The van der Waals surface area contributed by atoms with E-state index in [1.807, 2.05) is 0 Å². The van der Waals surface area contributed by atoms with Crippen molar-refractivity contribution in [1.82, 2.24) is 0 Å². The second kappa shape index (κ2) is 7.66. The average molecular weight is 401 g/mol. The molecule has 0 aliphatic heterocycles. The zero-order valence-electron chi connectivity index (χ0n) is 13.8. The molecule has 0 bridgehead atoms. The molecule has 0 aliphatic rings. The lowest BCUT2D eigenvalue weighted by Gasteiger charge is -2.07. The van der Waals surface area contributed by atoms with E-state index in [-0.39, 0.29) is 17.1 Å². The van der Waals surface area contributed by atoms with Crippen LogP contribution in [-0.4, -0.2) is 26.5 Å². The molecule has 2 aromatic carbocycles. The summed E-state index contributed by atoms with van der Waals surface area (Å²) in [5.74, 6) is -1.33. The van der Waals surface area contributed by atoms with Crippen molar-refractivity contribution in [1.29, 1.82) is 0 Å².